The van der Waals surface area contributed by atoms with Crippen molar-refractivity contribution in [2.45, 2.75) is 38.6 Å². The fourth-order valence-corrected chi connectivity index (χ4v) is 2.21. The molecule has 1 heterocycles. The Labute approximate surface area is 84.7 Å². The molecule has 1 aromatic rings. The van der Waals surface area contributed by atoms with Crippen molar-refractivity contribution in [2.75, 3.05) is 5.32 Å². The van der Waals surface area contributed by atoms with Crippen LogP contribution < -0.4 is 5.32 Å². The van der Waals surface area contributed by atoms with Gasteiger partial charge >= 0.3 is 0 Å². The Morgan fingerprint density at radius 3 is 3.00 bits per heavy atom. The van der Waals surface area contributed by atoms with E-state index in [9.17, 15) is 0 Å². The molecule has 2 unspecified atom stereocenters. The molecule has 0 aromatic carbocycles. The van der Waals surface area contributed by atoms with Gasteiger partial charge in [-0.05, 0) is 43.2 Å². The Morgan fingerprint density at radius 2 is 2.21 bits per heavy atom. The fourth-order valence-electron chi connectivity index (χ4n) is 2.21. The number of hydrogen-bond acceptors (Lipinski definition) is 2. The molecule has 1 aromatic heterocycles. The third-order valence-electron chi connectivity index (χ3n) is 3.37. The van der Waals surface area contributed by atoms with Crippen LogP contribution in [0.3, 0.4) is 0 Å². The molecular weight excluding hydrogens is 172 g/mol. The number of pyridine rings is 1. The largest absolute Gasteiger partial charge is 0.367 e. The average molecular weight is 188 g/mol. The van der Waals surface area contributed by atoms with Crippen molar-refractivity contribution < 1.29 is 0 Å². The molecule has 0 amide bonds. The summed E-state index contributed by atoms with van der Waals surface area (Å²) in [5.41, 5.74) is 2.78. The number of rotatable bonds is 2. The van der Waals surface area contributed by atoms with E-state index in [0.717, 1.165) is 11.7 Å². The first-order valence-corrected chi connectivity index (χ1v) is 5.58. The second-order valence-corrected chi connectivity index (χ2v) is 4.62. The van der Waals surface area contributed by atoms with Crippen molar-refractivity contribution in [2.24, 2.45) is 5.92 Å². The highest BCUT2D eigenvalue weighted by molar-refractivity contribution is 5.42. The maximum atomic E-state index is 4.66. The highest BCUT2D eigenvalue weighted by Gasteiger charge is 2.32. The second kappa shape index (κ2) is 2.97. The number of aryl methyl sites for hydroxylation is 2. The average Bonchev–Trinajstić information content (AvgIpc) is 2.70. The zero-order valence-corrected chi connectivity index (χ0v) is 8.59. The van der Waals surface area contributed by atoms with Crippen LogP contribution in [0.5, 0.6) is 0 Å². The molecule has 3 rings (SSSR count). The van der Waals surface area contributed by atoms with E-state index in [0.29, 0.717) is 6.04 Å². The highest BCUT2D eigenvalue weighted by atomic mass is 15.0. The predicted octanol–water partition coefficient (Wildman–Crippen LogP) is 2.39. The van der Waals surface area contributed by atoms with E-state index >= 15 is 0 Å². The molecule has 0 radical (unpaired) electrons. The van der Waals surface area contributed by atoms with Crippen LogP contribution in [0.15, 0.2) is 12.1 Å². The molecule has 74 valence electrons. The summed E-state index contributed by atoms with van der Waals surface area (Å²) < 4.78 is 0. The van der Waals surface area contributed by atoms with Crippen LogP contribution in [-0.4, -0.2) is 11.0 Å². The number of nitrogens with zero attached hydrogens (tertiary/aromatic N) is 1. The quantitative estimate of drug-likeness (QED) is 0.770. The van der Waals surface area contributed by atoms with Crippen LogP contribution in [0.1, 0.15) is 31.0 Å². The van der Waals surface area contributed by atoms with Crippen molar-refractivity contribution >= 4 is 5.82 Å². The van der Waals surface area contributed by atoms with Gasteiger partial charge < -0.3 is 5.32 Å². The number of fused-ring (bicyclic) bond motifs is 1. The normalized spacial score (nSPS) is 28.6. The molecule has 2 nitrogen and oxygen atoms in total. The van der Waals surface area contributed by atoms with Crippen LogP contribution in [0, 0.1) is 5.92 Å². The predicted molar refractivity (Wildman–Crippen MR) is 57.5 cm³/mol. The van der Waals surface area contributed by atoms with Crippen LogP contribution in [0.2, 0.25) is 0 Å². The van der Waals surface area contributed by atoms with E-state index < -0.39 is 0 Å². The molecule has 1 fully saturated rings. The van der Waals surface area contributed by atoms with Crippen molar-refractivity contribution in [3.8, 4) is 0 Å². The molecule has 2 atom stereocenters. The van der Waals surface area contributed by atoms with Crippen LogP contribution in [0.4, 0.5) is 5.82 Å². The Hall–Kier alpha value is -1.05. The maximum absolute atomic E-state index is 4.66. The highest BCUT2D eigenvalue weighted by Crippen LogP contribution is 2.32. The lowest BCUT2D eigenvalue weighted by atomic mass is 10.2. The van der Waals surface area contributed by atoms with Gasteiger partial charge in [-0.2, -0.15) is 0 Å². The molecule has 0 bridgehead atoms. The second-order valence-electron chi connectivity index (χ2n) is 4.62. The fraction of sp³-hybridized carbons (Fsp3) is 0.583. The summed E-state index contributed by atoms with van der Waals surface area (Å²) in [6.07, 6.45) is 4.98. The van der Waals surface area contributed by atoms with Gasteiger partial charge in [-0.15, -0.1) is 0 Å². The van der Waals surface area contributed by atoms with Gasteiger partial charge in [0.2, 0.25) is 0 Å². The number of anilines is 1. The van der Waals surface area contributed by atoms with Crippen LogP contribution in [-0.2, 0) is 12.8 Å². The minimum atomic E-state index is 0.682. The van der Waals surface area contributed by atoms with E-state index in [1.54, 1.807) is 0 Å². The summed E-state index contributed by atoms with van der Waals surface area (Å²) >= 11 is 0. The summed E-state index contributed by atoms with van der Waals surface area (Å²) in [4.78, 5) is 4.66. The lowest BCUT2D eigenvalue weighted by Crippen LogP contribution is -2.06. The minimum Gasteiger partial charge on any atom is -0.367 e. The first kappa shape index (κ1) is 8.27. The van der Waals surface area contributed by atoms with Gasteiger partial charge in [0.05, 0.1) is 0 Å². The summed E-state index contributed by atoms with van der Waals surface area (Å²) in [5.74, 6) is 1.92. The maximum Gasteiger partial charge on any atom is 0.126 e. The molecular formula is C12H16N2. The van der Waals surface area contributed by atoms with Gasteiger partial charge in [-0.1, -0.05) is 13.0 Å². The molecule has 2 heteroatoms. The third-order valence-corrected chi connectivity index (χ3v) is 3.37. The van der Waals surface area contributed by atoms with E-state index in [2.05, 4.69) is 29.4 Å². The summed E-state index contributed by atoms with van der Waals surface area (Å²) in [5, 5.41) is 3.48. The topological polar surface area (TPSA) is 24.9 Å². The molecule has 14 heavy (non-hydrogen) atoms. The van der Waals surface area contributed by atoms with Crippen LogP contribution >= 0.6 is 0 Å². The minimum absolute atomic E-state index is 0.682. The Kier molecular flexibility index (Phi) is 1.76. The number of hydrogen-bond donors (Lipinski definition) is 1. The van der Waals surface area contributed by atoms with E-state index in [1.165, 1.54) is 36.9 Å². The molecule has 2 aliphatic carbocycles. The molecule has 1 saturated carbocycles. The summed E-state index contributed by atoms with van der Waals surface area (Å²) in [6, 6.07) is 5.06. The lowest BCUT2D eigenvalue weighted by molar-refractivity contribution is 0.895. The standard InChI is InChI=1S/C12H16N2/c1-8-7-11(8)14-12-6-5-9-3-2-4-10(9)13-12/h5-6,8,11H,2-4,7H2,1H3,(H,13,14). The molecule has 0 saturated heterocycles. The van der Waals surface area contributed by atoms with E-state index in [4.69, 9.17) is 0 Å². The van der Waals surface area contributed by atoms with E-state index in [1.807, 2.05) is 0 Å². The lowest BCUT2D eigenvalue weighted by Gasteiger charge is -2.06. The van der Waals surface area contributed by atoms with Gasteiger partial charge in [-0.25, -0.2) is 4.98 Å². The third kappa shape index (κ3) is 1.39. The number of nitrogens with one attached hydrogen (secondary N) is 1. The molecule has 1 N–H and O–H groups in total. The van der Waals surface area contributed by atoms with Gasteiger partial charge in [-0.3, -0.25) is 0 Å². The zero-order valence-electron chi connectivity index (χ0n) is 8.59. The Balaban J connectivity index is 1.79. The SMILES string of the molecule is CC1CC1Nc1ccc2c(n1)CCC2. The molecule has 0 aliphatic heterocycles. The van der Waals surface area contributed by atoms with Crippen molar-refractivity contribution in [1.29, 1.82) is 0 Å². The van der Waals surface area contributed by atoms with Gasteiger partial charge in [0.25, 0.3) is 0 Å². The number of aromatic nitrogens is 1. The Morgan fingerprint density at radius 1 is 1.36 bits per heavy atom. The Bertz CT molecular complexity index is 359. The van der Waals surface area contributed by atoms with Crippen molar-refractivity contribution in [3.63, 3.8) is 0 Å². The van der Waals surface area contributed by atoms with Gasteiger partial charge in [0.15, 0.2) is 0 Å². The first-order chi connectivity index (χ1) is 6.83. The van der Waals surface area contributed by atoms with E-state index in [-0.39, 0.29) is 0 Å². The smallest absolute Gasteiger partial charge is 0.126 e. The summed E-state index contributed by atoms with van der Waals surface area (Å²) in [7, 11) is 0. The molecule has 0 spiro atoms. The summed E-state index contributed by atoms with van der Waals surface area (Å²) in [6.45, 7) is 2.28. The van der Waals surface area contributed by atoms with Gasteiger partial charge in [0, 0.05) is 11.7 Å². The van der Waals surface area contributed by atoms with Crippen molar-refractivity contribution in [1.82, 2.24) is 4.98 Å². The van der Waals surface area contributed by atoms with Gasteiger partial charge in [0.1, 0.15) is 5.82 Å². The zero-order chi connectivity index (χ0) is 9.54. The van der Waals surface area contributed by atoms with Crippen molar-refractivity contribution in [3.05, 3.63) is 23.4 Å². The monoisotopic (exact) mass is 188 g/mol. The first-order valence-electron chi connectivity index (χ1n) is 5.58. The van der Waals surface area contributed by atoms with Crippen LogP contribution in [0.25, 0.3) is 0 Å². The molecule has 2 aliphatic rings.